The molecular weight excluding hydrogens is 538 g/mol. The maximum absolute atomic E-state index is 13.8. The second kappa shape index (κ2) is 12.8. The third kappa shape index (κ3) is 6.43. The monoisotopic (exact) mass is 569 g/mol. The van der Waals surface area contributed by atoms with Crippen LogP contribution in [0.4, 0.5) is 5.13 Å². The van der Waals surface area contributed by atoms with E-state index >= 15 is 0 Å². The van der Waals surface area contributed by atoms with Gasteiger partial charge in [0.05, 0.1) is 21.2 Å². The summed E-state index contributed by atoms with van der Waals surface area (Å²) in [4.78, 5) is 20.3. The Labute approximate surface area is 233 Å². The summed E-state index contributed by atoms with van der Waals surface area (Å²) >= 11 is 7.76. The number of para-hydroxylation sites is 1. The molecule has 0 unspecified atom stereocenters. The van der Waals surface area contributed by atoms with Gasteiger partial charge in [-0.05, 0) is 54.8 Å². The molecule has 6 nitrogen and oxygen atoms in total. The van der Waals surface area contributed by atoms with Crippen molar-refractivity contribution >= 4 is 54.2 Å². The van der Waals surface area contributed by atoms with Crippen LogP contribution in [0, 0.1) is 0 Å². The fourth-order valence-electron chi connectivity index (χ4n) is 4.11. The van der Waals surface area contributed by atoms with Gasteiger partial charge in [-0.1, -0.05) is 86.0 Å². The molecule has 0 aliphatic carbocycles. The number of rotatable bonds is 12. The summed E-state index contributed by atoms with van der Waals surface area (Å²) in [6, 6.07) is 21.5. The molecule has 1 heterocycles. The molecule has 0 radical (unpaired) electrons. The summed E-state index contributed by atoms with van der Waals surface area (Å²) in [7, 11) is -3.65. The minimum absolute atomic E-state index is 0.197. The number of benzene rings is 3. The Kier molecular flexibility index (Phi) is 9.54. The zero-order chi connectivity index (χ0) is 27.1. The normalized spacial score (nSPS) is 11.8. The van der Waals surface area contributed by atoms with E-state index in [0.29, 0.717) is 40.9 Å². The second-order valence-electron chi connectivity index (χ2n) is 9.10. The van der Waals surface area contributed by atoms with Gasteiger partial charge < -0.3 is 0 Å². The lowest BCUT2D eigenvalue weighted by Crippen LogP contribution is -2.33. The van der Waals surface area contributed by atoms with E-state index in [2.05, 4.69) is 4.98 Å². The second-order valence-corrected chi connectivity index (χ2v) is 12.4. The summed E-state index contributed by atoms with van der Waals surface area (Å²) < 4.78 is 29.2. The average molecular weight is 570 g/mol. The number of anilines is 1. The molecule has 0 bridgehead atoms. The van der Waals surface area contributed by atoms with E-state index in [1.165, 1.54) is 23.5 Å². The van der Waals surface area contributed by atoms with Gasteiger partial charge in [-0.15, -0.1) is 0 Å². The highest BCUT2D eigenvalue weighted by atomic mass is 35.5. The molecule has 200 valence electrons. The maximum atomic E-state index is 13.8. The number of thiazole rings is 1. The number of unbranched alkanes of at least 4 members (excludes halogenated alkanes) is 2. The van der Waals surface area contributed by atoms with E-state index in [1.54, 1.807) is 27.4 Å². The topological polar surface area (TPSA) is 70.6 Å². The van der Waals surface area contributed by atoms with Crippen molar-refractivity contribution in [2.75, 3.05) is 18.0 Å². The van der Waals surface area contributed by atoms with E-state index in [4.69, 9.17) is 11.6 Å². The number of carbonyl (C=O) groups excluding carboxylic acids is 1. The van der Waals surface area contributed by atoms with Gasteiger partial charge in [0, 0.05) is 18.7 Å². The minimum Gasteiger partial charge on any atom is -0.279 e. The van der Waals surface area contributed by atoms with Crippen LogP contribution >= 0.6 is 22.9 Å². The van der Waals surface area contributed by atoms with Crippen molar-refractivity contribution < 1.29 is 13.2 Å². The fraction of sp³-hybridized carbons (Fsp3) is 0.310. The van der Waals surface area contributed by atoms with E-state index < -0.39 is 10.0 Å². The molecule has 1 amide bonds. The number of hydrogen-bond donors (Lipinski definition) is 0. The SMILES string of the molecule is CCCCN(CCCC)S(=O)(=O)c1ccc(C(=O)N(Cc2ccccc2)c2nc3c(Cl)cccc3s2)cc1. The van der Waals surface area contributed by atoms with E-state index in [0.717, 1.165) is 35.9 Å². The van der Waals surface area contributed by atoms with Crippen molar-refractivity contribution in [2.24, 2.45) is 0 Å². The predicted octanol–water partition coefficient (Wildman–Crippen LogP) is 7.39. The molecule has 0 saturated heterocycles. The standard InChI is InChI=1S/C29H32ClN3O3S2/c1-3-5-19-32(20-6-4-2)38(35,36)24-17-15-23(16-18-24)28(34)33(21-22-11-8-7-9-12-22)29-31-27-25(30)13-10-14-26(27)37-29/h7-18H,3-6,19-21H2,1-2H3. The van der Waals surface area contributed by atoms with E-state index in [9.17, 15) is 13.2 Å². The number of carbonyl (C=O) groups is 1. The van der Waals surface area contributed by atoms with Crippen LogP contribution < -0.4 is 4.90 Å². The number of sulfonamides is 1. The van der Waals surface area contributed by atoms with E-state index in [-0.39, 0.29) is 10.8 Å². The van der Waals surface area contributed by atoms with E-state index in [1.807, 2.05) is 56.3 Å². The van der Waals surface area contributed by atoms with Crippen molar-refractivity contribution in [3.05, 3.63) is 88.9 Å². The highest BCUT2D eigenvalue weighted by Gasteiger charge is 2.26. The summed E-state index contributed by atoms with van der Waals surface area (Å²) in [5, 5.41) is 1.06. The zero-order valence-corrected chi connectivity index (χ0v) is 24.0. The Bertz CT molecular complexity index is 1460. The quantitative estimate of drug-likeness (QED) is 0.178. The Morgan fingerprint density at radius 2 is 1.55 bits per heavy atom. The summed E-state index contributed by atoms with van der Waals surface area (Å²) in [5.74, 6) is -0.262. The molecule has 4 aromatic rings. The predicted molar refractivity (Wildman–Crippen MR) is 157 cm³/mol. The number of halogens is 1. The number of fused-ring (bicyclic) bond motifs is 1. The van der Waals surface area contributed by atoms with Crippen molar-refractivity contribution in [1.82, 2.24) is 9.29 Å². The van der Waals surface area contributed by atoms with Gasteiger partial charge in [0.2, 0.25) is 10.0 Å². The fourth-order valence-corrected chi connectivity index (χ4v) is 6.89. The zero-order valence-electron chi connectivity index (χ0n) is 21.6. The molecule has 9 heteroatoms. The van der Waals surface area contributed by atoms with Gasteiger partial charge >= 0.3 is 0 Å². The van der Waals surface area contributed by atoms with Crippen LogP contribution in [0.1, 0.15) is 55.5 Å². The van der Waals surface area contributed by atoms with Gasteiger partial charge in [0.25, 0.3) is 5.91 Å². The first-order chi connectivity index (χ1) is 18.3. The van der Waals surface area contributed by atoms with Gasteiger partial charge in [-0.25, -0.2) is 13.4 Å². The molecule has 0 aliphatic rings. The van der Waals surface area contributed by atoms with Gasteiger partial charge in [0.1, 0.15) is 5.52 Å². The first kappa shape index (κ1) is 28.2. The molecule has 3 aromatic carbocycles. The van der Waals surface area contributed by atoms with Gasteiger partial charge in [0.15, 0.2) is 5.13 Å². The van der Waals surface area contributed by atoms with Gasteiger partial charge in [-0.2, -0.15) is 4.31 Å². The number of amides is 1. The first-order valence-corrected chi connectivity index (χ1v) is 15.5. The Hall–Kier alpha value is -2.78. The molecule has 0 atom stereocenters. The van der Waals surface area contributed by atoms with Crippen molar-refractivity contribution in [1.29, 1.82) is 0 Å². The molecule has 0 spiro atoms. The molecule has 38 heavy (non-hydrogen) atoms. The van der Waals surface area contributed by atoms with Crippen LogP contribution in [-0.2, 0) is 16.6 Å². The Morgan fingerprint density at radius 1 is 0.895 bits per heavy atom. The summed E-state index contributed by atoms with van der Waals surface area (Å²) in [6.07, 6.45) is 3.44. The molecule has 0 aliphatic heterocycles. The summed E-state index contributed by atoms with van der Waals surface area (Å²) in [5.41, 5.74) is 1.99. The van der Waals surface area contributed by atoms with Crippen LogP contribution in [0.2, 0.25) is 5.02 Å². The minimum atomic E-state index is -3.65. The van der Waals surface area contributed by atoms with Crippen LogP contribution in [0.3, 0.4) is 0 Å². The van der Waals surface area contributed by atoms with Crippen LogP contribution in [-0.4, -0.2) is 36.7 Å². The number of hydrogen-bond acceptors (Lipinski definition) is 5. The van der Waals surface area contributed by atoms with Crippen molar-refractivity contribution in [2.45, 2.75) is 51.0 Å². The molecule has 0 fully saturated rings. The smallest absolute Gasteiger partial charge is 0.260 e. The Balaban J connectivity index is 1.65. The number of aromatic nitrogens is 1. The summed E-state index contributed by atoms with van der Waals surface area (Å²) in [6.45, 7) is 5.39. The van der Waals surface area contributed by atoms with Crippen molar-refractivity contribution in [3.8, 4) is 0 Å². The highest BCUT2D eigenvalue weighted by molar-refractivity contribution is 7.89. The van der Waals surface area contributed by atoms with Crippen molar-refractivity contribution in [3.63, 3.8) is 0 Å². The van der Waals surface area contributed by atoms with Crippen LogP contribution in [0.25, 0.3) is 10.2 Å². The van der Waals surface area contributed by atoms with Crippen LogP contribution in [0.15, 0.2) is 77.7 Å². The van der Waals surface area contributed by atoms with Crippen LogP contribution in [0.5, 0.6) is 0 Å². The molecular formula is C29H32ClN3O3S2. The Morgan fingerprint density at radius 3 is 2.16 bits per heavy atom. The molecule has 0 saturated carbocycles. The average Bonchev–Trinajstić information content (AvgIpc) is 3.37. The lowest BCUT2D eigenvalue weighted by molar-refractivity contribution is 0.0985. The molecule has 1 aromatic heterocycles. The third-order valence-electron chi connectivity index (χ3n) is 6.28. The lowest BCUT2D eigenvalue weighted by atomic mass is 10.1. The number of nitrogens with zero attached hydrogens (tertiary/aromatic N) is 3. The molecule has 0 N–H and O–H groups in total. The largest absolute Gasteiger partial charge is 0.279 e. The third-order valence-corrected chi connectivity index (χ3v) is 9.54. The lowest BCUT2D eigenvalue weighted by Gasteiger charge is -2.23. The maximum Gasteiger partial charge on any atom is 0.260 e. The molecule has 4 rings (SSSR count). The first-order valence-electron chi connectivity index (χ1n) is 12.9. The van der Waals surface area contributed by atoms with Gasteiger partial charge in [-0.3, -0.25) is 9.69 Å². The highest BCUT2D eigenvalue weighted by Crippen LogP contribution is 2.34.